The number of fused-ring (bicyclic) bond motifs is 1. The molecule has 1 aromatic heterocycles. The van der Waals surface area contributed by atoms with Crippen LogP contribution in [0.4, 0.5) is 10.1 Å². The van der Waals surface area contributed by atoms with Crippen LogP contribution in [0.1, 0.15) is 24.7 Å². The van der Waals surface area contributed by atoms with Gasteiger partial charge < -0.3 is 10.3 Å². The molecule has 1 heterocycles. The molecule has 0 saturated carbocycles. The Bertz CT molecular complexity index is 777. The molecule has 0 fully saturated rings. The van der Waals surface area contributed by atoms with E-state index in [0.717, 1.165) is 35.4 Å². The lowest BCUT2D eigenvalue weighted by molar-refractivity contribution is 0.627. The van der Waals surface area contributed by atoms with Gasteiger partial charge in [-0.1, -0.05) is 25.1 Å². The normalized spacial score (nSPS) is 11.1. The summed E-state index contributed by atoms with van der Waals surface area (Å²) in [7, 11) is 0. The minimum atomic E-state index is -0.307. The van der Waals surface area contributed by atoms with Gasteiger partial charge in [0.25, 0.3) is 0 Å². The molecule has 0 bridgehead atoms. The standard InChI is InChI=1S/C17H18FN3/c1-2-9-21-16-6-4-3-5-15(16)20-17(21)10-12-7-8-13(18)11-14(12)19/h3-8,11H,2,9-10,19H2,1H3. The van der Waals surface area contributed by atoms with Gasteiger partial charge in [0.15, 0.2) is 0 Å². The first-order valence-electron chi connectivity index (χ1n) is 7.17. The zero-order valence-corrected chi connectivity index (χ0v) is 12.0. The summed E-state index contributed by atoms with van der Waals surface area (Å²) < 4.78 is 15.4. The van der Waals surface area contributed by atoms with Crippen molar-refractivity contribution in [2.45, 2.75) is 26.3 Å². The third-order valence-corrected chi connectivity index (χ3v) is 3.64. The number of aryl methyl sites for hydroxylation is 1. The van der Waals surface area contributed by atoms with Gasteiger partial charge in [0.05, 0.1) is 11.0 Å². The minimum absolute atomic E-state index is 0.307. The van der Waals surface area contributed by atoms with Crippen molar-refractivity contribution >= 4 is 16.7 Å². The second-order valence-corrected chi connectivity index (χ2v) is 5.19. The smallest absolute Gasteiger partial charge is 0.125 e. The van der Waals surface area contributed by atoms with Crippen LogP contribution in [0.5, 0.6) is 0 Å². The molecule has 3 aromatic rings. The van der Waals surface area contributed by atoms with Gasteiger partial charge in [-0.15, -0.1) is 0 Å². The fraction of sp³-hybridized carbons (Fsp3) is 0.235. The molecule has 0 aliphatic rings. The molecule has 3 nitrogen and oxygen atoms in total. The molecule has 4 heteroatoms. The van der Waals surface area contributed by atoms with Crippen LogP contribution in [0, 0.1) is 5.82 Å². The molecule has 0 amide bonds. The van der Waals surface area contributed by atoms with Crippen LogP contribution < -0.4 is 5.73 Å². The van der Waals surface area contributed by atoms with Crippen molar-refractivity contribution in [1.29, 1.82) is 0 Å². The number of rotatable bonds is 4. The van der Waals surface area contributed by atoms with Crippen LogP contribution in [-0.2, 0) is 13.0 Å². The van der Waals surface area contributed by atoms with Gasteiger partial charge in [0, 0.05) is 18.7 Å². The van der Waals surface area contributed by atoms with E-state index < -0.39 is 0 Å². The molecular weight excluding hydrogens is 265 g/mol. The topological polar surface area (TPSA) is 43.8 Å². The molecular formula is C17H18FN3. The lowest BCUT2D eigenvalue weighted by Gasteiger charge is -2.09. The van der Waals surface area contributed by atoms with Crippen molar-refractivity contribution in [2.24, 2.45) is 0 Å². The lowest BCUT2D eigenvalue weighted by Crippen LogP contribution is -2.06. The largest absolute Gasteiger partial charge is 0.398 e. The summed E-state index contributed by atoms with van der Waals surface area (Å²) >= 11 is 0. The van der Waals surface area contributed by atoms with Crippen LogP contribution in [-0.4, -0.2) is 9.55 Å². The number of nitrogens with two attached hydrogens (primary N) is 1. The van der Waals surface area contributed by atoms with Gasteiger partial charge in [-0.2, -0.15) is 0 Å². The summed E-state index contributed by atoms with van der Waals surface area (Å²) in [6, 6.07) is 12.6. The number of para-hydroxylation sites is 2. The van der Waals surface area contributed by atoms with E-state index in [1.807, 2.05) is 18.2 Å². The molecule has 0 aliphatic heterocycles. The number of aromatic nitrogens is 2. The number of halogens is 1. The third-order valence-electron chi connectivity index (χ3n) is 3.64. The molecule has 21 heavy (non-hydrogen) atoms. The first-order chi connectivity index (χ1) is 10.2. The molecule has 108 valence electrons. The zero-order valence-electron chi connectivity index (χ0n) is 12.0. The average molecular weight is 283 g/mol. The van der Waals surface area contributed by atoms with Crippen LogP contribution in [0.2, 0.25) is 0 Å². The van der Waals surface area contributed by atoms with E-state index >= 15 is 0 Å². The monoisotopic (exact) mass is 283 g/mol. The van der Waals surface area contributed by atoms with E-state index in [2.05, 4.69) is 17.6 Å². The van der Waals surface area contributed by atoms with Gasteiger partial charge in [0.2, 0.25) is 0 Å². The number of imidazole rings is 1. The van der Waals surface area contributed by atoms with Crippen molar-refractivity contribution in [2.75, 3.05) is 5.73 Å². The molecule has 2 N–H and O–H groups in total. The molecule has 0 unspecified atom stereocenters. The van der Waals surface area contributed by atoms with Crippen LogP contribution in [0.25, 0.3) is 11.0 Å². The van der Waals surface area contributed by atoms with Crippen LogP contribution in [0.15, 0.2) is 42.5 Å². The quantitative estimate of drug-likeness (QED) is 0.741. The fourth-order valence-corrected chi connectivity index (χ4v) is 2.63. The minimum Gasteiger partial charge on any atom is -0.398 e. The second-order valence-electron chi connectivity index (χ2n) is 5.19. The highest BCUT2D eigenvalue weighted by molar-refractivity contribution is 5.76. The Morgan fingerprint density at radius 2 is 2.00 bits per heavy atom. The van der Waals surface area contributed by atoms with E-state index in [1.165, 1.54) is 12.1 Å². The molecule has 0 saturated heterocycles. The SMILES string of the molecule is CCCn1c(Cc2ccc(F)cc2N)nc2ccccc21. The maximum Gasteiger partial charge on any atom is 0.125 e. The number of hydrogen-bond acceptors (Lipinski definition) is 2. The summed E-state index contributed by atoms with van der Waals surface area (Å²) in [6.07, 6.45) is 1.65. The summed E-state index contributed by atoms with van der Waals surface area (Å²) in [6.45, 7) is 3.06. The first kappa shape index (κ1) is 13.6. The number of nitrogens with zero attached hydrogens (tertiary/aromatic N) is 2. The highest BCUT2D eigenvalue weighted by Crippen LogP contribution is 2.22. The Hall–Kier alpha value is -2.36. The Balaban J connectivity index is 2.05. The van der Waals surface area contributed by atoms with E-state index in [9.17, 15) is 4.39 Å². The van der Waals surface area contributed by atoms with Crippen LogP contribution >= 0.6 is 0 Å². The predicted molar refractivity (Wildman–Crippen MR) is 83.6 cm³/mol. The van der Waals surface area contributed by atoms with Gasteiger partial charge in [-0.25, -0.2) is 9.37 Å². The highest BCUT2D eigenvalue weighted by Gasteiger charge is 2.12. The predicted octanol–water partition coefficient (Wildman–Crippen LogP) is 3.76. The van der Waals surface area contributed by atoms with Crippen molar-refractivity contribution in [1.82, 2.24) is 9.55 Å². The molecule has 0 atom stereocenters. The second kappa shape index (κ2) is 5.56. The third kappa shape index (κ3) is 2.61. The van der Waals surface area contributed by atoms with Crippen molar-refractivity contribution in [3.63, 3.8) is 0 Å². The Labute approximate surface area is 123 Å². The molecule has 0 radical (unpaired) electrons. The van der Waals surface area contributed by atoms with Gasteiger partial charge in [0.1, 0.15) is 11.6 Å². The molecule has 2 aromatic carbocycles. The van der Waals surface area contributed by atoms with Crippen molar-refractivity contribution in [3.8, 4) is 0 Å². The van der Waals surface area contributed by atoms with Gasteiger partial charge in [-0.05, 0) is 36.2 Å². The van der Waals surface area contributed by atoms with Gasteiger partial charge >= 0.3 is 0 Å². The average Bonchev–Trinajstić information content (AvgIpc) is 2.81. The van der Waals surface area contributed by atoms with Crippen LogP contribution in [0.3, 0.4) is 0 Å². The summed E-state index contributed by atoms with van der Waals surface area (Å²) in [5, 5.41) is 0. The Kier molecular flexibility index (Phi) is 3.60. The van der Waals surface area contributed by atoms with E-state index in [0.29, 0.717) is 12.1 Å². The highest BCUT2D eigenvalue weighted by atomic mass is 19.1. The molecule has 3 rings (SSSR count). The number of nitrogen functional groups attached to an aromatic ring is 1. The zero-order chi connectivity index (χ0) is 14.8. The summed E-state index contributed by atoms with van der Waals surface area (Å²) in [5.74, 6) is 0.662. The van der Waals surface area contributed by atoms with E-state index in [1.54, 1.807) is 6.07 Å². The number of anilines is 1. The number of benzene rings is 2. The van der Waals surface area contributed by atoms with Crippen molar-refractivity contribution < 1.29 is 4.39 Å². The summed E-state index contributed by atoms with van der Waals surface area (Å²) in [4.78, 5) is 4.70. The Morgan fingerprint density at radius 3 is 2.76 bits per heavy atom. The maximum absolute atomic E-state index is 13.2. The fourth-order valence-electron chi connectivity index (χ4n) is 2.63. The Morgan fingerprint density at radius 1 is 1.19 bits per heavy atom. The lowest BCUT2D eigenvalue weighted by atomic mass is 10.1. The van der Waals surface area contributed by atoms with E-state index in [4.69, 9.17) is 10.7 Å². The molecule has 0 aliphatic carbocycles. The van der Waals surface area contributed by atoms with Crippen molar-refractivity contribution in [3.05, 3.63) is 59.7 Å². The molecule has 0 spiro atoms. The van der Waals surface area contributed by atoms with Gasteiger partial charge in [-0.3, -0.25) is 0 Å². The van der Waals surface area contributed by atoms with E-state index in [-0.39, 0.29) is 5.82 Å². The summed E-state index contributed by atoms with van der Waals surface area (Å²) in [5.41, 5.74) is 9.42. The number of hydrogen-bond donors (Lipinski definition) is 1. The first-order valence-corrected chi connectivity index (χ1v) is 7.17. The maximum atomic E-state index is 13.2.